The van der Waals surface area contributed by atoms with Gasteiger partial charge in [-0.15, -0.1) is 0 Å². The standard InChI is InChI=1S/C29H25FN6O6S/c30-20-9-5-18(6-10-20)17-24-28(38)35(29(39)43-24)16-4-2-1-3-15-31-27(37)19-7-11-21(12-8-19)32-22-13-14-23(36(40)41)26-25(22)33-42-34-26/h5-14,17,32H,1-4,15-16H2,(H,31,37)/b24-17-. The Labute approximate surface area is 248 Å². The van der Waals surface area contributed by atoms with Gasteiger partial charge in [0.2, 0.25) is 5.52 Å². The molecule has 0 saturated carbocycles. The molecule has 43 heavy (non-hydrogen) atoms. The first-order chi connectivity index (χ1) is 20.8. The zero-order valence-electron chi connectivity index (χ0n) is 22.6. The quantitative estimate of drug-likeness (QED) is 0.0844. The summed E-state index contributed by atoms with van der Waals surface area (Å²) in [6.07, 6.45) is 4.57. The van der Waals surface area contributed by atoms with Crippen LogP contribution < -0.4 is 10.6 Å². The SMILES string of the molecule is O=C(NCCCCCCN1C(=O)S/C(=C\c2ccc(F)cc2)C1=O)c1ccc(Nc2ccc([N+](=O)[O-])c3nonc23)cc1. The molecule has 0 radical (unpaired) electrons. The number of carbonyl (C=O) groups excluding carboxylic acids is 3. The molecule has 5 rings (SSSR count). The number of benzene rings is 3. The number of fused-ring (bicyclic) bond motifs is 1. The van der Waals surface area contributed by atoms with Crippen molar-refractivity contribution in [3.8, 4) is 0 Å². The number of hydrogen-bond acceptors (Lipinski definition) is 10. The van der Waals surface area contributed by atoms with E-state index >= 15 is 0 Å². The van der Waals surface area contributed by atoms with E-state index in [1.807, 2.05) is 0 Å². The third kappa shape index (κ3) is 7.04. The van der Waals surface area contributed by atoms with Crippen molar-refractivity contribution in [2.45, 2.75) is 25.7 Å². The van der Waals surface area contributed by atoms with Crippen LogP contribution in [0, 0.1) is 15.9 Å². The summed E-state index contributed by atoms with van der Waals surface area (Å²) in [6, 6.07) is 15.2. The zero-order chi connectivity index (χ0) is 30.3. The molecule has 0 bridgehead atoms. The van der Waals surface area contributed by atoms with E-state index in [1.165, 1.54) is 29.2 Å². The molecule has 0 unspecified atom stereocenters. The van der Waals surface area contributed by atoms with Crippen molar-refractivity contribution in [3.63, 3.8) is 0 Å². The van der Waals surface area contributed by atoms with Gasteiger partial charge in [0.25, 0.3) is 17.1 Å². The summed E-state index contributed by atoms with van der Waals surface area (Å²) in [7, 11) is 0. The molecule has 14 heteroatoms. The number of aromatic nitrogens is 2. The molecule has 2 N–H and O–H groups in total. The topological polar surface area (TPSA) is 161 Å². The molecule has 3 amide bonds. The van der Waals surface area contributed by atoms with Crippen molar-refractivity contribution in [1.82, 2.24) is 20.5 Å². The van der Waals surface area contributed by atoms with E-state index < -0.39 is 4.92 Å². The van der Waals surface area contributed by atoms with Gasteiger partial charge in [0.1, 0.15) is 5.82 Å². The van der Waals surface area contributed by atoms with Crippen LogP contribution >= 0.6 is 11.8 Å². The van der Waals surface area contributed by atoms with Crippen LogP contribution in [0.1, 0.15) is 41.6 Å². The van der Waals surface area contributed by atoms with Crippen LogP contribution in [0.2, 0.25) is 0 Å². The van der Waals surface area contributed by atoms with Crippen molar-refractivity contribution in [3.05, 3.63) is 92.6 Å². The lowest BCUT2D eigenvalue weighted by molar-refractivity contribution is -0.383. The van der Waals surface area contributed by atoms with Gasteiger partial charge in [-0.3, -0.25) is 29.4 Å². The first-order valence-electron chi connectivity index (χ1n) is 13.4. The lowest BCUT2D eigenvalue weighted by atomic mass is 10.1. The maximum absolute atomic E-state index is 13.1. The predicted octanol–water partition coefficient (Wildman–Crippen LogP) is 6.04. The highest BCUT2D eigenvalue weighted by molar-refractivity contribution is 8.18. The van der Waals surface area contributed by atoms with Gasteiger partial charge in [-0.05, 0) is 89.0 Å². The molecule has 1 saturated heterocycles. The highest BCUT2D eigenvalue weighted by Crippen LogP contribution is 2.33. The third-order valence-electron chi connectivity index (χ3n) is 6.65. The lowest BCUT2D eigenvalue weighted by Gasteiger charge is -2.12. The van der Waals surface area contributed by atoms with Gasteiger partial charge < -0.3 is 10.6 Å². The normalized spacial score (nSPS) is 14.1. The molecule has 1 fully saturated rings. The number of carbonyl (C=O) groups is 3. The van der Waals surface area contributed by atoms with E-state index in [1.54, 1.807) is 42.5 Å². The second kappa shape index (κ2) is 13.2. The Morgan fingerprint density at radius 3 is 2.44 bits per heavy atom. The predicted molar refractivity (Wildman–Crippen MR) is 158 cm³/mol. The average molecular weight is 605 g/mol. The van der Waals surface area contributed by atoms with Crippen molar-refractivity contribution in [1.29, 1.82) is 0 Å². The van der Waals surface area contributed by atoms with Crippen LogP contribution in [0.4, 0.5) is 26.2 Å². The Hall–Kier alpha value is -5.11. The Bertz CT molecular complexity index is 1710. The Morgan fingerprint density at radius 1 is 0.977 bits per heavy atom. The van der Waals surface area contributed by atoms with E-state index in [2.05, 4.69) is 25.6 Å². The van der Waals surface area contributed by atoms with Gasteiger partial charge in [-0.2, -0.15) is 0 Å². The van der Waals surface area contributed by atoms with E-state index in [4.69, 9.17) is 0 Å². The Kier molecular flexibility index (Phi) is 9.05. The number of hydrogen-bond donors (Lipinski definition) is 2. The molecule has 4 aromatic rings. The van der Waals surface area contributed by atoms with Crippen LogP contribution in [-0.2, 0) is 4.79 Å². The number of unbranched alkanes of at least 4 members (excludes halogenated alkanes) is 3. The number of nitro groups is 1. The number of nitrogens with one attached hydrogen (secondary N) is 2. The van der Waals surface area contributed by atoms with E-state index in [9.17, 15) is 28.9 Å². The van der Waals surface area contributed by atoms with E-state index in [-0.39, 0.29) is 39.6 Å². The molecule has 220 valence electrons. The van der Waals surface area contributed by atoms with Gasteiger partial charge in [-0.1, -0.05) is 25.0 Å². The molecule has 3 aromatic carbocycles. The fraction of sp³-hybridized carbons (Fsp3) is 0.207. The molecular weight excluding hydrogens is 579 g/mol. The van der Waals surface area contributed by atoms with Crippen LogP contribution in [0.3, 0.4) is 0 Å². The summed E-state index contributed by atoms with van der Waals surface area (Å²) in [6.45, 7) is 0.789. The number of imide groups is 1. The molecule has 12 nitrogen and oxygen atoms in total. The van der Waals surface area contributed by atoms with Crippen molar-refractivity contribution >= 4 is 63.0 Å². The summed E-state index contributed by atoms with van der Waals surface area (Å²) in [5.41, 5.74) is 2.27. The minimum atomic E-state index is -0.561. The largest absolute Gasteiger partial charge is 0.354 e. The first-order valence-corrected chi connectivity index (χ1v) is 14.2. The van der Waals surface area contributed by atoms with Crippen molar-refractivity contribution in [2.24, 2.45) is 0 Å². The number of rotatable bonds is 12. The van der Waals surface area contributed by atoms with E-state index in [0.29, 0.717) is 46.9 Å². The number of anilines is 2. The first kappa shape index (κ1) is 29.4. The smallest absolute Gasteiger partial charge is 0.300 e. The highest BCUT2D eigenvalue weighted by atomic mass is 32.2. The molecule has 1 aliphatic heterocycles. The molecule has 2 heterocycles. The number of halogens is 1. The molecule has 0 atom stereocenters. The summed E-state index contributed by atoms with van der Waals surface area (Å²) < 4.78 is 17.8. The zero-order valence-corrected chi connectivity index (χ0v) is 23.4. The summed E-state index contributed by atoms with van der Waals surface area (Å²) in [4.78, 5) is 49.6. The highest BCUT2D eigenvalue weighted by Gasteiger charge is 2.34. The molecular formula is C29H25FN6O6S. The summed E-state index contributed by atoms with van der Waals surface area (Å²) in [5, 5.41) is 24.2. The maximum Gasteiger partial charge on any atom is 0.300 e. The van der Waals surface area contributed by atoms with Crippen LogP contribution in [0.25, 0.3) is 17.1 Å². The van der Waals surface area contributed by atoms with Gasteiger partial charge in [0, 0.05) is 30.4 Å². The summed E-state index contributed by atoms with van der Waals surface area (Å²) in [5.74, 6) is -0.942. The molecule has 0 aliphatic carbocycles. The van der Waals surface area contributed by atoms with E-state index in [0.717, 1.165) is 31.0 Å². The number of nitro benzene ring substituents is 1. The molecule has 1 aliphatic rings. The van der Waals surface area contributed by atoms with Gasteiger partial charge in [0.05, 0.1) is 15.5 Å². The second-order valence-corrected chi connectivity index (χ2v) is 10.6. The van der Waals surface area contributed by atoms with Crippen molar-refractivity contribution in [2.75, 3.05) is 18.4 Å². The van der Waals surface area contributed by atoms with Crippen LogP contribution in [-0.4, -0.2) is 50.3 Å². The minimum Gasteiger partial charge on any atom is -0.354 e. The second-order valence-electron chi connectivity index (χ2n) is 9.61. The maximum atomic E-state index is 13.1. The van der Waals surface area contributed by atoms with Crippen LogP contribution in [0.5, 0.6) is 0 Å². The number of amides is 3. The minimum absolute atomic E-state index is 0.0350. The van der Waals surface area contributed by atoms with Gasteiger partial charge in [-0.25, -0.2) is 9.02 Å². The number of non-ortho nitro benzene ring substituents is 1. The number of nitrogens with zero attached hydrogens (tertiary/aromatic N) is 4. The van der Waals surface area contributed by atoms with Gasteiger partial charge >= 0.3 is 5.69 Å². The Balaban J connectivity index is 1.02. The fourth-order valence-electron chi connectivity index (χ4n) is 4.42. The van der Waals surface area contributed by atoms with Gasteiger partial charge in [0.15, 0.2) is 5.52 Å². The molecule has 1 aromatic heterocycles. The summed E-state index contributed by atoms with van der Waals surface area (Å²) >= 11 is 0.879. The Morgan fingerprint density at radius 2 is 1.70 bits per heavy atom. The van der Waals surface area contributed by atoms with Crippen molar-refractivity contribution < 1.29 is 28.3 Å². The monoisotopic (exact) mass is 604 g/mol. The molecule has 0 spiro atoms. The van der Waals surface area contributed by atoms with Crippen LogP contribution in [0.15, 0.2) is 70.2 Å². The average Bonchev–Trinajstić information content (AvgIpc) is 3.59. The lowest BCUT2D eigenvalue weighted by Crippen LogP contribution is -2.29. The fourth-order valence-corrected chi connectivity index (χ4v) is 5.28. The number of thioether (sulfide) groups is 1. The third-order valence-corrected chi connectivity index (χ3v) is 7.56.